The average molecular weight is 287 g/mol. The first-order valence-electron chi connectivity index (χ1n) is 6.68. The molecule has 2 heterocycles. The maximum absolute atomic E-state index is 13.1. The number of rotatable bonds is 4. The fourth-order valence-corrected chi connectivity index (χ4v) is 2.65. The molecule has 0 fully saturated rings. The van der Waals surface area contributed by atoms with Crippen LogP contribution in [0.4, 0.5) is 10.3 Å². The van der Waals surface area contributed by atoms with Crippen molar-refractivity contribution in [2.45, 2.75) is 12.3 Å². The molecule has 2 aromatic rings. The third kappa shape index (κ3) is 2.27. The summed E-state index contributed by atoms with van der Waals surface area (Å²) in [4.78, 5) is 9.94. The molecule has 3 rings (SSSR count). The van der Waals surface area contributed by atoms with Crippen LogP contribution in [0.1, 0.15) is 5.56 Å². The first-order chi connectivity index (χ1) is 10.1. The molecular formula is C15H16FN4O+. The average Bonchev–Trinajstić information content (AvgIpc) is 2.78. The lowest BCUT2D eigenvalue weighted by molar-refractivity contribution is -0.685. The number of benzene rings is 1. The zero-order chi connectivity index (χ0) is 14.9. The van der Waals surface area contributed by atoms with Crippen LogP contribution in [-0.4, -0.2) is 29.9 Å². The molecule has 0 saturated carbocycles. The van der Waals surface area contributed by atoms with E-state index in [4.69, 9.17) is 0 Å². The van der Waals surface area contributed by atoms with E-state index in [2.05, 4.69) is 16.7 Å². The maximum Gasteiger partial charge on any atom is 0.396 e. The summed E-state index contributed by atoms with van der Waals surface area (Å²) in [6, 6.07) is 7.69. The summed E-state index contributed by atoms with van der Waals surface area (Å²) in [5.74, 6) is 0.330. The van der Waals surface area contributed by atoms with Gasteiger partial charge < -0.3 is 5.11 Å². The van der Waals surface area contributed by atoms with Crippen LogP contribution >= 0.6 is 0 Å². The van der Waals surface area contributed by atoms with Crippen LogP contribution in [0, 0.1) is 5.82 Å². The van der Waals surface area contributed by atoms with Gasteiger partial charge >= 0.3 is 5.95 Å². The van der Waals surface area contributed by atoms with Gasteiger partial charge in [-0.25, -0.2) is 13.9 Å². The number of nitrogens with zero attached hydrogens (tertiary/aromatic N) is 4. The predicted octanol–water partition coefficient (Wildman–Crippen LogP) is 0.874. The highest BCUT2D eigenvalue weighted by molar-refractivity contribution is 5.38. The number of aromatic nitrogens is 2. The Morgan fingerprint density at radius 1 is 1.43 bits per heavy atom. The van der Waals surface area contributed by atoms with Gasteiger partial charge in [-0.15, -0.1) is 0 Å². The second-order valence-electron chi connectivity index (χ2n) is 4.97. The van der Waals surface area contributed by atoms with Crippen LogP contribution in [-0.2, 0) is 12.3 Å². The minimum Gasteiger partial charge on any atom is -0.353 e. The van der Waals surface area contributed by atoms with Crippen molar-refractivity contribution in [2.24, 2.45) is 4.99 Å². The highest BCUT2D eigenvalue weighted by Gasteiger charge is 2.51. The van der Waals surface area contributed by atoms with E-state index in [0.29, 0.717) is 31.1 Å². The molecule has 21 heavy (non-hydrogen) atoms. The van der Waals surface area contributed by atoms with Gasteiger partial charge in [0.05, 0.1) is 19.3 Å². The van der Waals surface area contributed by atoms with Crippen LogP contribution in [0.2, 0.25) is 0 Å². The van der Waals surface area contributed by atoms with Crippen LogP contribution < -0.4 is 9.47 Å². The number of aliphatic hydroxyl groups is 1. The fraction of sp³-hybridized carbons (Fsp3) is 0.267. The van der Waals surface area contributed by atoms with Gasteiger partial charge in [0.25, 0.3) is 0 Å². The van der Waals surface area contributed by atoms with E-state index >= 15 is 0 Å². The monoisotopic (exact) mass is 287 g/mol. The number of hydrogen-bond acceptors (Lipinski definition) is 4. The zero-order valence-electron chi connectivity index (χ0n) is 11.5. The van der Waals surface area contributed by atoms with E-state index < -0.39 is 5.72 Å². The zero-order valence-corrected chi connectivity index (χ0v) is 11.5. The molecule has 1 unspecified atom stereocenters. The van der Waals surface area contributed by atoms with Crippen LogP contribution in [0.25, 0.3) is 0 Å². The Labute approximate surface area is 122 Å². The number of halogens is 1. The van der Waals surface area contributed by atoms with Crippen molar-refractivity contribution in [1.82, 2.24) is 4.98 Å². The summed E-state index contributed by atoms with van der Waals surface area (Å²) in [7, 11) is 0. The van der Waals surface area contributed by atoms with Crippen LogP contribution in [0.5, 0.6) is 0 Å². The number of hydrogen-bond donors (Lipinski definition) is 1. The van der Waals surface area contributed by atoms with Gasteiger partial charge in [-0.2, -0.15) is 0 Å². The summed E-state index contributed by atoms with van der Waals surface area (Å²) >= 11 is 0. The molecule has 1 aliphatic rings. The largest absolute Gasteiger partial charge is 0.396 e. The molecule has 1 N–H and O–H groups in total. The third-order valence-electron chi connectivity index (χ3n) is 3.67. The lowest BCUT2D eigenvalue weighted by Crippen LogP contribution is -2.46. The van der Waals surface area contributed by atoms with Crippen molar-refractivity contribution >= 4 is 12.7 Å². The summed E-state index contributed by atoms with van der Waals surface area (Å²) in [5, 5.41) is 11.1. The van der Waals surface area contributed by atoms with Gasteiger partial charge in [-0.3, -0.25) is 4.99 Å². The van der Waals surface area contributed by atoms with Crippen molar-refractivity contribution in [1.29, 1.82) is 0 Å². The third-order valence-corrected chi connectivity index (χ3v) is 3.67. The van der Waals surface area contributed by atoms with E-state index in [1.165, 1.54) is 12.1 Å². The molecule has 1 aromatic heterocycles. The molecule has 0 saturated heterocycles. The number of anilines is 1. The Balaban J connectivity index is 2.04. The predicted molar refractivity (Wildman–Crippen MR) is 76.5 cm³/mol. The van der Waals surface area contributed by atoms with E-state index in [-0.39, 0.29) is 5.82 Å². The Morgan fingerprint density at radius 3 is 2.90 bits per heavy atom. The van der Waals surface area contributed by atoms with Gasteiger partial charge in [-0.1, -0.05) is 4.98 Å². The quantitative estimate of drug-likeness (QED) is 0.671. The van der Waals surface area contributed by atoms with Crippen molar-refractivity contribution < 1.29 is 14.1 Å². The van der Waals surface area contributed by atoms with Gasteiger partial charge in [0, 0.05) is 11.6 Å². The minimum atomic E-state index is -1.26. The van der Waals surface area contributed by atoms with Crippen LogP contribution in [0.3, 0.4) is 0 Å². The van der Waals surface area contributed by atoms with Gasteiger partial charge in [-0.05, 0) is 31.0 Å². The molecule has 0 amide bonds. The first kappa shape index (κ1) is 13.6. The van der Waals surface area contributed by atoms with Crippen molar-refractivity contribution in [3.8, 4) is 0 Å². The Kier molecular flexibility index (Phi) is 3.39. The highest BCUT2D eigenvalue weighted by atomic mass is 19.1. The normalized spacial score (nSPS) is 20.4. The van der Waals surface area contributed by atoms with E-state index in [0.717, 1.165) is 0 Å². The van der Waals surface area contributed by atoms with Crippen LogP contribution in [0.15, 0.2) is 47.7 Å². The topological polar surface area (TPSA) is 52.6 Å². The molecular weight excluding hydrogens is 271 g/mol. The summed E-state index contributed by atoms with van der Waals surface area (Å²) in [5.41, 5.74) is -0.641. The number of aliphatic imine (C=N–C) groups is 1. The summed E-state index contributed by atoms with van der Waals surface area (Å²) in [6.45, 7) is 4.76. The Hall–Kier alpha value is -2.34. The molecule has 6 heteroatoms. The minimum absolute atomic E-state index is 0.331. The summed E-state index contributed by atoms with van der Waals surface area (Å²) < 4.78 is 15.0. The first-order valence-corrected chi connectivity index (χ1v) is 6.68. The number of fused-ring (bicyclic) bond motifs is 1. The lowest BCUT2D eigenvalue weighted by atomic mass is 10.0. The molecule has 1 aromatic carbocycles. The Bertz CT molecular complexity index is 661. The lowest BCUT2D eigenvalue weighted by Gasteiger charge is -2.27. The van der Waals surface area contributed by atoms with Crippen molar-refractivity contribution in [2.75, 3.05) is 18.0 Å². The molecule has 0 bridgehead atoms. The van der Waals surface area contributed by atoms with E-state index in [1.54, 1.807) is 23.2 Å². The second-order valence-corrected chi connectivity index (χ2v) is 4.97. The van der Waals surface area contributed by atoms with Gasteiger partial charge in [0.15, 0.2) is 0 Å². The molecule has 5 nitrogen and oxygen atoms in total. The molecule has 108 valence electrons. The molecule has 1 aliphatic heterocycles. The fourth-order valence-electron chi connectivity index (χ4n) is 2.65. The van der Waals surface area contributed by atoms with Gasteiger partial charge in [0.1, 0.15) is 18.6 Å². The second kappa shape index (κ2) is 5.21. The van der Waals surface area contributed by atoms with Crippen molar-refractivity contribution in [3.05, 3.63) is 54.1 Å². The molecule has 0 spiro atoms. The van der Waals surface area contributed by atoms with E-state index in [9.17, 15) is 9.50 Å². The molecule has 0 radical (unpaired) electrons. The SMILES string of the molecule is C=NCCN1c2nccc[n+]2CC1(O)c1ccc(F)cc1. The molecule has 1 atom stereocenters. The standard InChI is InChI=1S/C15H16FN4O/c1-17-8-10-20-14-18-7-2-9-19(14)11-15(20,21)12-3-5-13(16)6-4-12/h2-7,9,21H,1,8,10-11H2/q+1. The maximum atomic E-state index is 13.1. The van der Waals surface area contributed by atoms with E-state index in [1.807, 2.05) is 16.8 Å². The smallest absolute Gasteiger partial charge is 0.353 e. The molecule has 0 aliphatic carbocycles. The highest BCUT2D eigenvalue weighted by Crippen LogP contribution is 2.33. The summed E-state index contributed by atoms with van der Waals surface area (Å²) in [6.07, 6.45) is 3.54. The van der Waals surface area contributed by atoms with Gasteiger partial charge in [0.2, 0.25) is 5.72 Å². The van der Waals surface area contributed by atoms with Crippen molar-refractivity contribution in [3.63, 3.8) is 0 Å². The Morgan fingerprint density at radius 2 is 2.19 bits per heavy atom.